The molecule has 0 aliphatic heterocycles. The molecule has 5 heteroatoms. The van der Waals surface area contributed by atoms with Gasteiger partial charge in [-0.15, -0.1) is 0 Å². The fraction of sp³-hybridized carbons (Fsp3) is 0.143. The number of hydrogen-bond donors (Lipinski definition) is 3. The largest absolute Gasteiger partial charge is 0.478 e. The number of amides is 2. The average molecular weight is 172 g/mol. The lowest BCUT2D eigenvalue weighted by Gasteiger charge is -1.72. The number of carbonyl (C=O) groups is 2. The molecule has 0 aromatic carbocycles. The van der Waals surface area contributed by atoms with Gasteiger partial charge in [-0.25, -0.2) is 9.59 Å². The van der Waals surface area contributed by atoms with Gasteiger partial charge in [0.05, 0.1) is 0 Å². The maximum absolute atomic E-state index is 9.75. The van der Waals surface area contributed by atoms with Crippen molar-refractivity contribution in [1.29, 1.82) is 0 Å². The molecule has 0 fully saturated rings. The number of primary amides is 2. The first-order valence-corrected chi connectivity index (χ1v) is 3.08. The molecule has 0 spiro atoms. The van der Waals surface area contributed by atoms with E-state index in [2.05, 4.69) is 11.5 Å². The standard InChI is InChI=1S/C6H8O2.CH4N2O/c1-2-3-4-5-6(7)8;2-1(3)4/h2-5H,1H3,(H,7,8);(H4,2,3,4)/b3-2+,5-4+;. The average Bonchev–Trinajstić information content (AvgIpc) is 1.86. The Balaban J connectivity index is 0. The second-order valence-electron chi connectivity index (χ2n) is 1.63. The van der Waals surface area contributed by atoms with Crippen LogP contribution in [0.2, 0.25) is 0 Å². The molecule has 5 N–H and O–H groups in total. The third-order valence-corrected chi connectivity index (χ3v) is 0.542. The van der Waals surface area contributed by atoms with Crippen LogP contribution in [-0.4, -0.2) is 17.1 Å². The molecule has 12 heavy (non-hydrogen) atoms. The van der Waals surface area contributed by atoms with Crippen LogP contribution >= 0.6 is 0 Å². The highest BCUT2D eigenvalue weighted by Gasteiger charge is 1.78. The van der Waals surface area contributed by atoms with Gasteiger partial charge in [-0.3, -0.25) is 0 Å². The van der Waals surface area contributed by atoms with E-state index in [4.69, 9.17) is 9.90 Å². The Labute approximate surface area is 70.4 Å². The van der Waals surface area contributed by atoms with Gasteiger partial charge in [0.2, 0.25) is 0 Å². The molecule has 0 unspecified atom stereocenters. The van der Waals surface area contributed by atoms with Gasteiger partial charge in [-0.1, -0.05) is 18.2 Å². The number of urea groups is 1. The topological polar surface area (TPSA) is 106 Å². The van der Waals surface area contributed by atoms with Crippen molar-refractivity contribution in [2.24, 2.45) is 11.5 Å². The predicted octanol–water partition coefficient (Wildman–Crippen LogP) is 0.227. The number of carbonyl (C=O) groups excluding carboxylic acids is 1. The number of carboxylic acid groups (broad SMARTS) is 1. The molecule has 0 radical (unpaired) electrons. The minimum atomic E-state index is -0.914. The number of aliphatic carboxylic acids is 1. The first-order chi connectivity index (χ1) is 5.50. The van der Waals surface area contributed by atoms with Crippen LogP contribution in [0.4, 0.5) is 4.79 Å². The molecule has 0 rings (SSSR count). The van der Waals surface area contributed by atoms with Gasteiger partial charge in [0.15, 0.2) is 0 Å². The van der Waals surface area contributed by atoms with Crippen molar-refractivity contribution >= 4 is 12.0 Å². The molecule has 0 atom stereocenters. The van der Waals surface area contributed by atoms with E-state index < -0.39 is 12.0 Å². The van der Waals surface area contributed by atoms with Crippen molar-refractivity contribution in [2.45, 2.75) is 6.92 Å². The van der Waals surface area contributed by atoms with Gasteiger partial charge >= 0.3 is 12.0 Å². The summed E-state index contributed by atoms with van der Waals surface area (Å²) in [6.07, 6.45) is 5.98. The Hall–Kier alpha value is -1.78. The number of carboxylic acids is 1. The molecule has 5 nitrogen and oxygen atoms in total. The third-order valence-electron chi connectivity index (χ3n) is 0.542. The van der Waals surface area contributed by atoms with Crippen LogP contribution in [0, 0.1) is 0 Å². The first-order valence-electron chi connectivity index (χ1n) is 3.08. The maximum Gasteiger partial charge on any atom is 0.328 e. The second kappa shape index (κ2) is 9.22. The Morgan fingerprint density at radius 3 is 1.92 bits per heavy atom. The zero-order valence-electron chi connectivity index (χ0n) is 6.73. The Kier molecular flexibility index (Phi) is 9.88. The minimum absolute atomic E-state index is 0.833. The van der Waals surface area contributed by atoms with Gasteiger partial charge < -0.3 is 16.6 Å². The predicted molar refractivity (Wildman–Crippen MR) is 45.4 cm³/mol. The van der Waals surface area contributed by atoms with Crippen LogP contribution in [0.5, 0.6) is 0 Å². The molecule has 0 heterocycles. The normalized spacial score (nSPS) is 9.42. The fourth-order valence-corrected chi connectivity index (χ4v) is 0.249. The van der Waals surface area contributed by atoms with Crippen molar-refractivity contribution < 1.29 is 14.7 Å². The molecule has 0 aliphatic carbocycles. The Bertz CT molecular complexity index is 193. The van der Waals surface area contributed by atoms with Crippen molar-refractivity contribution in [2.75, 3.05) is 0 Å². The molecule has 0 aliphatic rings. The summed E-state index contributed by atoms with van der Waals surface area (Å²) in [4.78, 5) is 18.8. The van der Waals surface area contributed by atoms with Gasteiger partial charge in [-0.2, -0.15) is 0 Å². The summed E-state index contributed by atoms with van der Waals surface area (Å²) in [6.45, 7) is 1.83. The van der Waals surface area contributed by atoms with Crippen LogP contribution in [0.3, 0.4) is 0 Å². The molecule has 0 aromatic heterocycles. The van der Waals surface area contributed by atoms with Crippen LogP contribution in [-0.2, 0) is 4.79 Å². The van der Waals surface area contributed by atoms with E-state index in [1.165, 1.54) is 6.08 Å². The molecule has 68 valence electrons. The van der Waals surface area contributed by atoms with Crippen LogP contribution in [0.1, 0.15) is 6.92 Å². The van der Waals surface area contributed by atoms with Crippen LogP contribution in [0.25, 0.3) is 0 Å². The number of rotatable bonds is 2. The van der Waals surface area contributed by atoms with Crippen molar-refractivity contribution in [3.63, 3.8) is 0 Å². The van der Waals surface area contributed by atoms with E-state index in [1.54, 1.807) is 12.2 Å². The molecule has 0 saturated heterocycles. The van der Waals surface area contributed by atoms with Gasteiger partial charge in [-0.05, 0) is 6.92 Å². The van der Waals surface area contributed by atoms with E-state index in [0.717, 1.165) is 6.08 Å². The third kappa shape index (κ3) is 41.3. The summed E-state index contributed by atoms with van der Waals surface area (Å²) >= 11 is 0. The molecule has 2 amide bonds. The van der Waals surface area contributed by atoms with E-state index in [0.29, 0.717) is 0 Å². The van der Waals surface area contributed by atoms with Gasteiger partial charge in [0.1, 0.15) is 0 Å². The summed E-state index contributed by atoms with van der Waals surface area (Å²) < 4.78 is 0. The van der Waals surface area contributed by atoms with E-state index >= 15 is 0 Å². The zero-order chi connectivity index (χ0) is 9.98. The number of nitrogens with two attached hydrogens (primary N) is 2. The fourth-order valence-electron chi connectivity index (χ4n) is 0.249. The monoisotopic (exact) mass is 172 g/mol. The molecule has 0 saturated carbocycles. The second-order valence-corrected chi connectivity index (χ2v) is 1.63. The lowest BCUT2D eigenvalue weighted by Crippen LogP contribution is -2.18. The molecular formula is C7H12N2O3. The lowest BCUT2D eigenvalue weighted by molar-refractivity contribution is -0.131. The van der Waals surface area contributed by atoms with E-state index in [1.807, 2.05) is 6.92 Å². The minimum Gasteiger partial charge on any atom is -0.478 e. The number of hydrogen-bond acceptors (Lipinski definition) is 2. The first kappa shape index (κ1) is 12.9. The highest BCUT2D eigenvalue weighted by molar-refractivity contribution is 5.80. The summed E-state index contributed by atoms with van der Waals surface area (Å²) in [5, 5.41) is 8.02. The van der Waals surface area contributed by atoms with Crippen molar-refractivity contribution in [3.8, 4) is 0 Å². The lowest BCUT2D eigenvalue weighted by atomic mass is 10.4. The van der Waals surface area contributed by atoms with E-state index in [-0.39, 0.29) is 0 Å². The molecule has 0 bridgehead atoms. The molecule has 0 aromatic rings. The Morgan fingerprint density at radius 1 is 1.25 bits per heavy atom. The number of allylic oxidation sites excluding steroid dienone is 3. The highest BCUT2D eigenvalue weighted by Crippen LogP contribution is 1.74. The van der Waals surface area contributed by atoms with Crippen LogP contribution in [0.15, 0.2) is 24.3 Å². The van der Waals surface area contributed by atoms with Gasteiger partial charge in [0, 0.05) is 6.08 Å². The highest BCUT2D eigenvalue weighted by atomic mass is 16.4. The van der Waals surface area contributed by atoms with Crippen LogP contribution < -0.4 is 11.5 Å². The summed E-state index contributed by atoms with van der Waals surface area (Å²) in [7, 11) is 0. The van der Waals surface area contributed by atoms with Crippen molar-refractivity contribution in [1.82, 2.24) is 0 Å². The SMILES string of the molecule is C/C=C/C=C/C(=O)O.NC(N)=O. The van der Waals surface area contributed by atoms with Crippen molar-refractivity contribution in [3.05, 3.63) is 24.3 Å². The zero-order valence-corrected chi connectivity index (χ0v) is 6.73. The Morgan fingerprint density at radius 2 is 1.67 bits per heavy atom. The van der Waals surface area contributed by atoms with E-state index in [9.17, 15) is 4.79 Å². The van der Waals surface area contributed by atoms with Gasteiger partial charge in [0.25, 0.3) is 0 Å². The molecular weight excluding hydrogens is 160 g/mol. The summed E-state index contributed by atoms with van der Waals surface area (Å²) in [5.74, 6) is -0.914. The summed E-state index contributed by atoms with van der Waals surface area (Å²) in [5.41, 5.74) is 8.50. The quantitative estimate of drug-likeness (QED) is 0.410. The summed E-state index contributed by atoms with van der Waals surface area (Å²) in [6, 6.07) is -0.833. The maximum atomic E-state index is 9.75. The smallest absolute Gasteiger partial charge is 0.328 e.